The SMILES string of the molecule is COc1ccccc1CCCC1CCN(C(=O)NS(=O)(=O)/C=C/c2ccccc2)CC1. The van der Waals surface area contributed by atoms with Gasteiger partial charge < -0.3 is 9.64 Å². The first-order valence-electron chi connectivity index (χ1n) is 10.6. The number of para-hydroxylation sites is 1. The molecule has 0 saturated carbocycles. The largest absolute Gasteiger partial charge is 0.496 e. The molecule has 1 N–H and O–H groups in total. The maximum Gasteiger partial charge on any atom is 0.331 e. The van der Waals surface area contributed by atoms with Crippen LogP contribution in [0.4, 0.5) is 4.79 Å². The van der Waals surface area contributed by atoms with Gasteiger partial charge in [-0.25, -0.2) is 17.9 Å². The number of aryl methyl sites for hydroxylation is 1. The van der Waals surface area contributed by atoms with Gasteiger partial charge in [-0.1, -0.05) is 48.5 Å². The highest BCUT2D eigenvalue weighted by atomic mass is 32.2. The van der Waals surface area contributed by atoms with Crippen LogP contribution in [0.3, 0.4) is 0 Å². The third kappa shape index (κ3) is 7.14. The minimum absolute atomic E-state index is 0.549. The maximum absolute atomic E-state index is 12.4. The Balaban J connectivity index is 1.41. The van der Waals surface area contributed by atoms with Gasteiger partial charge in [0, 0.05) is 13.1 Å². The molecule has 0 aromatic heterocycles. The zero-order valence-electron chi connectivity index (χ0n) is 17.9. The fourth-order valence-electron chi connectivity index (χ4n) is 3.87. The van der Waals surface area contributed by atoms with Crippen LogP contribution in [-0.4, -0.2) is 39.5 Å². The molecule has 0 aliphatic carbocycles. The minimum Gasteiger partial charge on any atom is -0.496 e. The summed E-state index contributed by atoms with van der Waals surface area (Å²) in [5, 5.41) is 1.03. The van der Waals surface area contributed by atoms with E-state index >= 15 is 0 Å². The van der Waals surface area contributed by atoms with E-state index in [-0.39, 0.29) is 0 Å². The summed E-state index contributed by atoms with van der Waals surface area (Å²) in [6, 6.07) is 16.6. The van der Waals surface area contributed by atoms with Crippen molar-refractivity contribution in [1.82, 2.24) is 9.62 Å². The molecule has 166 valence electrons. The Morgan fingerprint density at radius 1 is 1.10 bits per heavy atom. The number of benzene rings is 2. The lowest BCUT2D eigenvalue weighted by atomic mass is 9.91. The number of sulfonamides is 1. The maximum atomic E-state index is 12.4. The Labute approximate surface area is 185 Å². The normalized spacial score (nSPS) is 15.2. The summed E-state index contributed by atoms with van der Waals surface area (Å²) in [4.78, 5) is 14.0. The second-order valence-electron chi connectivity index (χ2n) is 7.80. The first kappa shape index (κ1) is 22.9. The fourth-order valence-corrected chi connectivity index (χ4v) is 4.64. The fraction of sp³-hybridized carbons (Fsp3) is 0.375. The Morgan fingerprint density at radius 3 is 2.48 bits per heavy atom. The number of nitrogens with one attached hydrogen (secondary N) is 1. The van der Waals surface area contributed by atoms with E-state index < -0.39 is 16.1 Å². The third-order valence-electron chi connectivity index (χ3n) is 5.62. The Kier molecular flexibility index (Phi) is 8.12. The lowest BCUT2D eigenvalue weighted by Crippen LogP contribution is -2.45. The topological polar surface area (TPSA) is 75.7 Å². The van der Waals surface area contributed by atoms with Crippen LogP contribution < -0.4 is 9.46 Å². The summed E-state index contributed by atoms with van der Waals surface area (Å²) >= 11 is 0. The third-order valence-corrected chi connectivity index (χ3v) is 6.58. The number of urea groups is 1. The van der Waals surface area contributed by atoms with Crippen molar-refractivity contribution in [1.29, 1.82) is 0 Å². The van der Waals surface area contributed by atoms with Crippen LogP contribution in [0.2, 0.25) is 0 Å². The first-order chi connectivity index (χ1) is 15.0. The van der Waals surface area contributed by atoms with Crippen LogP contribution in [0.5, 0.6) is 5.75 Å². The van der Waals surface area contributed by atoms with Crippen molar-refractivity contribution in [3.05, 3.63) is 71.1 Å². The number of carbonyl (C=O) groups excluding carboxylic acids is 1. The number of ether oxygens (including phenoxy) is 1. The Bertz CT molecular complexity index is 982. The molecule has 6 nitrogen and oxygen atoms in total. The molecule has 0 spiro atoms. The summed E-state index contributed by atoms with van der Waals surface area (Å²) in [6.07, 6.45) is 6.38. The Morgan fingerprint density at radius 2 is 1.77 bits per heavy atom. The Hall–Kier alpha value is -2.80. The van der Waals surface area contributed by atoms with E-state index in [2.05, 4.69) is 10.8 Å². The molecule has 1 aliphatic rings. The van der Waals surface area contributed by atoms with Crippen LogP contribution >= 0.6 is 0 Å². The van der Waals surface area contributed by atoms with Crippen LogP contribution in [0.25, 0.3) is 6.08 Å². The van der Waals surface area contributed by atoms with Gasteiger partial charge in [-0.15, -0.1) is 0 Å². The number of piperidine rings is 1. The number of methoxy groups -OCH3 is 1. The van der Waals surface area contributed by atoms with E-state index in [1.165, 1.54) is 11.6 Å². The van der Waals surface area contributed by atoms with Crippen LogP contribution in [0.15, 0.2) is 60.0 Å². The van der Waals surface area contributed by atoms with Gasteiger partial charge in [0.05, 0.1) is 12.5 Å². The van der Waals surface area contributed by atoms with Crippen LogP contribution in [0.1, 0.15) is 36.8 Å². The van der Waals surface area contributed by atoms with Crippen molar-refractivity contribution in [3.63, 3.8) is 0 Å². The molecule has 0 atom stereocenters. The number of hydrogen-bond acceptors (Lipinski definition) is 4. The second-order valence-corrected chi connectivity index (χ2v) is 9.37. The average Bonchev–Trinajstić information content (AvgIpc) is 2.79. The highest BCUT2D eigenvalue weighted by Crippen LogP contribution is 2.25. The summed E-state index contributed by atoms with van der Waals surface area (Å²) < 4.78 is 31.9. The zero-order valence-corrected chi connectivity index (χ0v) is 18.7. The predicted octanol–water partition coefficient (Wildman–Crippen LogP) is 4.44. The molecule has 2 aromatic carbocycles. The highest BCUT2D eigenvalue weighted by molar-refractivity contribution is 7.93. The lowest BCUT2D eigenvalue weighted by Gasteiger charge is -2.31. The molecule has 1 aliphatic heterocycles. The smallest absolute Gasteiger partial charge is 0.331 e. The van der Waals surface area contributed by atoms with E-state index in [0.717, 1.165) is 48.8 Å². The van der Waals surface area contributed by atoms with E-state index in [9.17, 15) is 13.2 Å². The van der Waals surface area contributed by atoms with Crippen molar-refractivity contribution in [2.75, 3.05) is 20.2 Å². The number of nitrogens with zero attached hydrogens (tertiary/aromatic N) is 1. The van der Waals surface area contributed by atoms with Gasteiger partial charge in [-0.2, -0.15) is 0 Å². The molecule has 1 saturated heterocycles. The van der Waals surface area contributed by atoms with Gasteiger partial charge in [-0.3, -0.25) is 0 Å². The molecule has 0 radical (unpaired) electrons. The first-order valence-corrected chi connectivity index (χ1v) is 12.2. The standard InChI is InChI=1S/C24H30N2O4S/c1-30-23-13-6-5-11-22(23)12-7-10-21-14-17-26(18-15-21)24(27)25-31(28,29)19-16-20-8-3-2-4-9-20/h2-6,8-9,11,13,16,19,21H,7,10,12,14-15,17-18H2,1H3,(H,25,27)/b19-16+. The van der Waals surface area contributed by atoms with E-state index in [4.69, 9.17) is 4.74 Å². The van der Waals surface area contributed by atoms with Crippen molar-refractivity contribution < 1.29 is 17.9 Å². The van der Waals surface area contributed by atoms with Gasteiger partial charge in [0.1, 0.15) is 5.75 Å². The average molecular weight is 443 g/mol. The number of amides is 2. The van der Waals surface area contributed by atoms with E-state index in [0.29, 0.717) is 19.0 Å². The molecule has 3 rings (SSSR count). The molecule has 0 bridgehead atoms. The lowest BCUT2D eigenvalue weighted by molar-refractivity contribution is 0.172. The van der Waals surface area contributed by atoms with Crippen molar-refractivity contribution in [3.8, 4) is 5.75 Å². The molecule has 1 heterocycles. The van der Waals surface area contributed by atoms with E-state index in [1.54, 1.807) is 24.1 Å². The molecule has 1 fully saturated rings. The molecule has 7 heteroatoms. The molecule has 2 amide bonds. The van der Waals surface area contributed by atoms with Gasteiger partial charge in [0.15, 0.2) is 0 Å². The number of carbonyl (C=O) groups is 1. The van der Waals surface area contributed by atoms with Gasteiger partial charge in [0.2, 0.25) is 0 Å². The molecular formula is C24H30N2O4S. The summed E-state index contributed by atoms with van der Waals surface area (Å²) in [5.74, 6) is 1.48. The van der Waals surface area contributed by atoms with Crippen molar-refractivity contribution >= 4 is 22.1 Å². The number of rotatable bonds is 8. The van der Waals surface area contributed by atoms with E-state index in [1.807, 2.05) is 36.4 Å². The highest BCUT2D eigenvalue weighted by Gasteiger charge is 2.24. The van der Waals surface area contributed by atoms with Gasteiger partial charge in [0.25, 0.3) is 10.0 Å². The molecule has 0 unspecified atom stereocenters. The minimum atomic E-state index is -3.83. The van der Waals surface area contributed by atoms with Crippen LogP contribution in [0, 0.1) is 5.92 Å². The number of hydrogen-bond donors (Lipinski definition) is 1. The molecule has 2 aromatic rings. The monoisotopic (exact) mass is 442 g/mol. The molecular weight excluding hydrogens is 412 g/mol. The summed E-state index contributed by atoms with van der Waals surface area (Å²) in [5.41, 5.74) is 1.98. The number of likely N-dealkylation sites (tertiary alicyclic amines) is 1. The van der Waals surface area contributed by atoms with Crippen molar-refractivity contribution in [2.45, 2.75) is 32.1 Å². The molecule has 31 heavy (non-hydrogen) atoms. The van der Waals surface area contributed by atoms with Crippen LogP contribution in [-0.2, 0) is 16.4 Å². The summed E-state index contributed by atoms with van der Waals surface area (Å²) in [6.45, 7) is 1.14. The predicted molar refractivity (Wildman–Crippen MR) is 123 cm³/mol. The second kappa shape index (κ2) is 11.0. The van der Waals surface area contributed by atoms with Gasteiger partial charge >= 0.3 is 6.03 Å². The van der Waals surface area contributed by atoms with Gasteiger partial charge in [-0.05, 0) is 61.3 Å². The zero-order chi connectivity index (χ0) is 22.1. The quantitative estimate of drug-likeness (QED) is 0.656. The van der Waals surface area contributed by atoms with Crippen molar-refractivity contribution in [2.24, 2.45) is 5.92 Å². The summed E-state index contributed by atoms with van der Waals surface area (Å²) in [7, 11) is -2.14.